The monoisotopic (exact) mass is 238 g/mol. The molecule has 1 unspecified atom stereocenters. The van der Waals surface area contributed by atoms with E-state index >= 15 is 0 Å². The molecule has 0 spiro atoms. The van der Waals surface area contributed by atoms with E-state index in [2.05, 4.69) is 0 Å². The van der Waals surface area contributed by atoms with Crippen molar-refractivity contribution in [3.05, 3.63) is 39.8 Å². The lowest BCUT2D eigenvalue weighted by Gasteiger charge is -2.06. The number of ether oxygens (including phenoxy) is 1. The summed E-state index contributed by atoms with van der Waals surface area (Å²) in [5.74, 6) is -1.39. The highest BCUT2D eigenvalue weighted by molar-refractivity contribution is 5.85. The molecule has 88 valence electrons. The van der Waals surface area contributed by atoms with Gasteiger partial charge in [0.05, 0.1) is 10.9 Å². The van der Waals surface area contributed by atoms with Gasteiger partial charge in [0.25, 0.3) is 0 Å². The quantitative estimate of drug-likeness (QED) is 0.661. The van der Waals surface area contributed by atoms with E-state index < -0.39 is 17.3 Å². The number of halogens is 2. The first kappa shape index (κ1) is 10.3. The van der Waals surface area contributed by atoms with Gasteiger partial charge in [-0.05, 0) is 13.0 Å². The summed E-state index contributed by atoms with van der Waals surface area (Å²) in [6, 6.07) is 1.79. The van der Waals surface area contributed by atoms with Crippen molar-refractivity contribution in [2.75, 3.05) is 0 Å². The van der Waals surface area contributed by atoms with Crippen LogP contribution in [0.4, 0.5) is 8.78 Å². The first-order chi connectivity index (χ1) is 8.06. The van der Waals surface area contributed by atoms with Crippen LogP contribution in [0.25, 0.3) is 11.0 Å². The Hall–Kier alpha value is -1.91. The van der Waals surface area contributed by atoms with E-state index in [9.17, 15) is 13.6 Å². The van der Waals surface area contributed by atoms with Crippen LogP contribution in [0, 0.1) is 11.6 Å². The summed E-state index contributed by atoms with van der Waals surface area (Å²) in [7, 11) is 0. The number of hydrogen-bond acceptors (Lipinski definition) is 3. The topological polar surface area (TPSA) is 39.4 Å². The summed E-state index contributed by atoms with van der Waals surface area (Å²) >= 11 is 0. The molecular weight excluding hydrogens is 230 g/mol. The second-order valence-corrected chi connectivity index (χ2v) is 4.09. The fourth-order valence-corrected chi connectivity index (χ4v) is 2.08. The van der Waals surface area contributed by atoms with Crippen molar-refractivity contribution < 1.29 is 17.9 Å². The van der Waals surface area contributed by atoms with Gasteiger partial charge in [-0.3, -0.25) is 0 Å². The molecule has 0 saturated carbocycles. The molecule has 0 amide bonds. The lowest BCUT2D eigenvalue weighted by molar-refractivity contribution is 0.257. The summed E-state index contributed by atoms with van der Waals surface area (Å²) < 4.78 is 36.9. The van der Waals surface area contributed by atoms with Crippen molar-refractivity contribution in [3.63, 3.8) is 0 Å². The maximum absolute atomic E-state index is 13.5. The summed E-state index contributed by atoms with van der Waals surface area (Å²) in [4.78, 5) is 11.6. The van der Waals surface area contributed by atoms with Crippen LogP contribution in [0.3, 0.4) is 0 Å². The maximum atomic E-state index is 13.5. The molecule has 0 bridgehead atoms. The van der Waals surface area contributed by atoms with Crippen LogP contribution >= 0.6 is 0 Å². The van der Waals surface area contributed by atoms with Crippen molar-refractivity contribution in [2.45, 2.75) is 19.4 Å². The van der Waals surface area contributed by atoms with Crippen molar-refractivity contribution in [2.24, 2.45) is 0 Å². The molecule has 0 fully saturated rings. The van der Waals surface area contributed by atoms with Crippen molar-refractivity contribution in [1.29, 1.82) is 0 Å². The standard InChI is InChI=1S/C12H8F2O3/c1-5-2-8-10(16-5)7-3-6(13)4-9(14)11(7)17-12(8)15/h3-5H,2H2,1H3. The molecule has 1 atom stereocenters. The molecule has 3 nitrogen and oxygen atoms in total. The number of fused-ring (bicyclic) bond motifs is 3. The average molecular weight is 238 g/mol. The highest BCUT2D eigenvalue weighted by atomic mass is 19.1. The summed E-state index contributed by atoms with van der Waals surface area (Å²) in [6.07, 6.45) is 0.205. The van der Waals surface area contributed by atoms with Crippen LogP contribution in [0.2, 0.25) is 0 Å². The van der Waals surface area contributed by atoms with Crippen LogP contribution in [0.1, 0.15) is 12.5 Å². The van der Waals surface area contributed by atoms with Crippen LogP contribution in [0.15, 0.2) is 21.3 Å². The van der Waals surface area contributed by atoms with Crippen molar-refractivity contribution >= 4 is 11.0 Å². The van der Waals surface area contributed by atoms with Crippen LogP contribution in [-0.4, -0.2) is 6.10 Å². The maximum Gasteiger partial charge on any atom is 0.343 e. The lowest BCUT2D eigenvalue weighted by Crippen LogP contribution is -2.08. The second kappa shape index (κ2) is 3.29. The van der Waals surface area contributed by atoms with Gasteiger partial charge in [-0.1, -0.05) is 0 Å². The Balaban J connectivity index is 2.46. The molecule has 3 rings (SSSR count). The third-order valence-electron chi connectivity index (χ3n) is 2.78. The molecular formula is C12H8F2O3. The minimum atomic E-state index is -0.900. The van der Waals surface area contributed by atoms with Gasteiger partial charge in [0.2, 0.25) is 0 Å². The van der Waals surface area contributed by atoms with Crippen LogP contribution < -0.4 is 10.4 Å². The Bertz CT molecular complexity index is 675. The molecule has 0 N–H and O–H groups in total. The SMILES string of the molecule is CC1Cc2c(c3cc(F)cc(F)c3oc2=O)O1. The number of rotatable bonds is 0. The smallest absolute Gasteiger partial charge is 0.343 e. The Morgan fingerprint density at radius 1 is 1.35 bits per heavy atom. The molecule has 0 saturated heterocycles. The van der Waals surface area contributed by atoms with Gasteiger partial charge in [0.1, 0.15) is 17.7 Å². The molecule has 17 heavy (non-hydrogen) atoms. The molecule has 5 heteroatoms. The van der Waals surface area contributed by atoms with Gasteiger partial charge in [-0.2, -0.15) is 0 Å². The highest BCUT2D eigenvalue weighted by Gasteiger charge is 2.27. The third kappa shape index (κ3) is 1.42. The van der Waals surface area contributed by atoms with E-state index in [1.165, 1.54) is 0 Å². The first-order valence-electron chi connectivity index (χ1n) is 5.17. The summed E-state index contributed by atoms with van der Waals surface area (Å²) in [5.41, 5.74) is -0.540. The van der Waals surface area contributed by atoms with Gasteiger partial charge in [0, 0.05) is 12.5 Å². The minimum Gasteiger partial charge on any atom is -0.489 e. The Kier molecular flexibility index (Phi) is 1.98. The highest BCUT2D eigenvalue weighted by Crippen LogP contribution is 2.35. The zero-order valence-corrected chi connectivity index (χ0v) is 8.92. The molecule has 0 aliphatic carbocycles. The van der Waals surface area contributed by atoms with Gasteiger partial charge in [-0.25, -0.2) is 13.6 Å². The second-order valence-electron chi connectivity index (χ2n) is 4.09. The fourth-order valence-electron chi connectivity index (χ4n) is 2.08. The minimum absolute atomic E-state index is 0.168. The van der Waals surface area contributed by atoms with Gasteiger partial charge < -0.3 is 9.15 Å². The van der Waals surface area contributed by atoms with Gasteiger partial charge in [0.15, 0.2) is 11.4 Å². The zero-order valence-electron chi connectivity index (χ0n) is 8.92. The Morgan fingerprint density at radius 2 is 2.12 bits per heavy atom. The molecule has 1 aliphatic heterocycles. The van der Waals surface area contributed by atoms with E-state index in [1.54, 1.807) is 6.92 Å². The number of hydrogen-bond donors (Lipinski definition) is 0. The van der Waals surface area contributed by atoms with E-state index in [1.807, 2.05) is 0 Å². The van der Waals surface area contributed by atoms with E-state index in [0.717, 1.165) is 6.07 Å². The lowest BCUT2D eigenvalue weighted by atomic mass is 10.1. The fraction of sp³-hybridized carbons (Fsp3) is 0.250. The Labute approximate surface area is 94.6 Å². The zero-order chi connectivity index (χ0) is 12.2. The average Bonchev–Trinajstić information content (AvgIpc) is 2.63. The molecule has 1 aliphatic rings. The van der Waals surface area contributed by atoms with Crippen molar-refractivity contribution in [1.82, 2.24) is 0 Å². The van der Waals surface area contributed by atoms with Gasteiger partial charge in [-0.15, -0.1) is 0 Å². The molecule has 2 heterocycles. The third-order valence-corrected chi connectivity index (χ3v) is 2.78. The molecule has 0 radical (unpaired) electrons. The Morgan fingerprint density at radius 3 is 2.88 bits per heavy atom. The van der Waals surface area contributed by atoms with Gasteiger partial charge >= 0.3 is 5.63 Å². The van der Waals surface area contributed by atoms with Crippen molar-refractivity contribution in [3.8, 4) is 5.75 Å². The number of benzene rings is 1. The summed E-state index contributed by atoms with van der Waals surface area (Å²) in [5, 5.41) is 0.168. The molecule has 1 aromatic carbocycles. The molecule has 2 aromatic rings. The predicted molar refractivity (Wildman–Crippen MR) is 56.2 cm³/mol. The van der Waals surface area contributed by atoms with Crippen LogP contribution in [0.5, 0.6) is 5.75 Å². The van der Waals surface area contributed by atoms with E-state index in [0.29, 0.717) is 18.1 Å². The predicted octanol–water partition coefficient (Wildman–Crippen LogP) is 2.39. The largest absolute Gasteiger partial charge is 0.489 e. The van der Waals surface area contributed by atoms with Crippen LogP contribution in [-0.2, 0) is 6.42 Å². The first-order valence-corrected chi connectivity index (χ1v) is 5.17. The summed E-state index contributed by atoms with van der Waals surface area (Å²) in [6.45, 7) is 1.78. The molecule has 1 aromatic heterocycles. The van der Waals surface area contributed by atoms with E-state index in [-0.39, 0.29) is 22.8 Å². The van der Waals surface area contributed by atoms with E-state index in [4.69, 9.17) is 9.15 Å². The normalized spacial score (nSPS) is 18.2.